The van der Waals surface area contributed by atoms with Crippen molar-refractivity contribution in [3.8, 4) is 0 Å². The molecule has 0 fully saturated rings. The summed E-state index contributed by atoms with van der Waals surface area (Å²) in [5.41, 5.74) is -2.13. The maximum atomic E-state index is 12.9. The number of ether oxygens (including phenoxy) is 1. The van der Waals surface area contributed by atoms with Crippen LogP contribution in [0.4, 0.5) is 13.2 Å². The number of esters is 1. The first-order valence-electron chi connectivity index (χ1n) is 7.29. The van der Waals surface area contributed by atoms with Gasteiger partial charge in [0.25, 0.3) is 0 Å². The Morgan fingerprint density at radius 3 is 2.32 bits per heavy atom. The maximum Gasteiger partial charge on any atom is 0.442 e. The lowest BCUT2D eigenvalue weighted by atomic mass is 9.94. The van der Waals surface area contributed by atoms with Gasteiger partial charge in [0.15, 0.2) is 0 Å². The van der Waals surface area contributed by atoms with E-state index in [2.05, 4.69) is 16.8 Å². The van der Waals surface area contributed by atoms with Gasteiger partial charge in [0.1, 0.15) is 6.61 Å². The first kappa shape index (κ1) is 18.6. The third kappa shape index (κ3) is 4.23. The quantitative estimate of drug-likeness (QED) is 0.572. The number of benzene rings is 1. The molecule has 0 aromatic heterocycles. The fourth-order valence-corrected chi connectivity index (χ4v) is 2.31. The first-order chi connectivity index (χ1) is 11.7. The Balaban J connectivity index is 2.11. The number of alkyl halides is 3. The van der Waals surface area contributed by atoms with Crippen LogP contribution in [0, 0.1) is 5.92 Å². The lowest BCUT2D eigenvalue weighted by Crippen LogP contribution is -2.30. The fourth-order valence-electron chi connectivity index (χ4n) is 2.31. The standard InChI is InChI=1S/C16H15F3N2O4/c1-2-7-25-14(24)11(9-13(22)23)8-10-3-5-12(6-4-10)15(20-21-15)16(17,18)19/h2-6,11H,1,7-9H2,(H,22,23)/t11-/m1/s1. The SMILES string of the molecule is C=CCOC(=O)[C@@H](CC(=O)O)Cc1ccc(C2(C(F)(F)F)N=N2)cc1. The van der Waals surface area contributed by atoms with E-state index < -0.39 is 36.1 Å². The Kier molecular flexibility index (Phi) is 5.24. The molecule has 0 saturated carbocycles. The molecule has 0 unspecified atom stereocenters. The van der Waals surface area contributed by atoms with Crippen LogP contribution in [-0.2, 0) is 26.4 Å². The second kappa shape index (κ2) is 7.04. The Bertz CT molecular complexity index is 692. The zero-order valence-electron chi connectivity index (χ0n) is 13.0. The summed E-state index contributed by atoms with van der Waals surface area (Å²) < 4.78 is 43.7. The highest BCUT2D eigenvalue weighted by Crippen LogP contribution is 2.52. The van der Waals surface area contributed by atoms with E-state index in [0.717, 1.165) is 0 Å². The molecule has 0 spiro atoms. The molecule has 0 saturated heterocycles. The van der Waals surface area contributed by atoms with Gasteiger partial charge >= 0.3 is 23.8 Å². The van der Waals surface area contributed by atoms with Gasteiger partial charge in [-0.25, -0.2) is 0 Å². The molecule has 1 atom stereocenters. The third-order valence-electron chi connectivity index (χ3n) is 3.63. The lowest BCUT2D eigenvalue weighted by Gasteiger charge is -2.16. The number of rotatable bonds is 8. The molecule has 1 N–H and O–H groups in total. The minimum Gasteiger partial charge on any atom is -0.481 e. The van der Waals surface area contributed by atoms with Crippen LogP contribution in [0.25, 0.3) is 0 Å². The Labute approximate surface area is 141 Å². The zero-order valence-corrected chi connectivity index (χ0v) is 13.0. The Hall–Kier alpha value is -2.71. The number of halogens is 3. The van der Waals surface area contributed by atoms with Crippen LogP contribution in [0.1, 0.15) is 17.5 Å². The van der Waals surface area contributed by atoms with Gasteiger partial charge in [0, 0.05) is 5.56 Å². The van der Waals surface area contributed by atoms with E-state index in [9.17, 15) is 22.8 Å². The molecule has 0 bridgehead atoms. The van der Waals surface area contributed by atoms with E-state index >= 15 is 0 Å². The number of carbonyl (C=O) groups is 2. The topological polar surface area (TPSA) is 88.3 Å². The predicted molar refractivity (Wildman–Crippen MR) is 79.6 cm³/mol. The first-order valence-corrected chi connectivity index (χ1v) is 7.29. The number of carboxylic acid groups (broad SMARTS) is 1. The van der Waals surface area contributed by atoms with E-state index in [1.165, 1.54) is 30.3 Å². The fraction of sp³-hybridized carbons (Fsp3) is 0.375. The summed E-state index contributed by atoms with van der Waals surface area (Å²) in [5.74, 6) is -2.83. The van der Waals surface area contributed by atoms with Gasteiger partial charge in [-0.15, -0.1) is 10.2 Å². The van der Waals surface area contributed by atoms with Gasteiger partial charge in [0.05, 0.1) is 12.3 Å². The molecule has 1 aromatic carbocycles. The van der Waals surface area contributed by atoms with Crippen molar-refractivity contribution in [2.24, 2.45) is 16.1 Å². The van der Waals surface area contributed by atoms with Gasteiger partial charge in [0.2, 0.25) is 0 Å². The normalized spacial score (nSPS) is 16.1. The Morgan fingerprint density at radius 1 is 1.28 bits per heavy atom. The van der Waals surface area contributed by atoms with Crippen LogP contribution in [-0.4, -0.2) is 29.8 Å². The molecule has 25 heavy (non-hydrogen) atoms. The summed E-state index contributed by atoms with van der Waals surface area (Å²) in [6.07, 6.45) is -3.69. The molecule has 1 heterocycles. The number of hydrogen-bond donors (Lipinski definition) is 1. The summed E-state index contributed by atoms with van der Waals surface area (Å²) >= 11 is 0. The van der Waals surface area contributed by atoms with Crippen molar-refractivity contribution < 1.29 is 32.6 Å². The molecular formula is C16H15F3N2O4. The van der Waals surface area contributed by atoms with Gasteiger partial charge in [-0.2, -0.15) is 13.2 Å². The number of carbonyl (C=O) groups excluding carboxylic acids is 1. The lowest BCUT2D eigenvalue weighted by molar-refractivity contribution is -0.166. The molecule has 1 aliphatic rings. The van der Waals surface area contributed by atoms with Gasteiger partial charge in [-0.3, -0.25) is 9.59 Å². The maximum absolute atomic E-state index is 12.9. The molecule has 0 amide bonds. The molecule has 134 valence electrons. The van der Waals surface area contributed by atoms with Crippen molar-refractivity contribution in [2.45, 2.75) is 24.7 Å². The van der Waals surface area contributed by atoms with Gasteiger partial charge in [-0.1, -0.05) is 36.9 Å². The van der Waals surface area contributed by atoms with Gasteiger partial charge in [-0.05, 0) is 12.0 Å². The highest BCUT2D eigenvalue weighted by molar-refractivity contribution is 5.79. The third-order valence-corrected chi connectivity index (χ3v) is 3.63. The number of hydrogen-bond acceptors (Lipinski definition) is 5. The van der Waals surface area contributed by atoms with Crippen molar-refractivity contribution >= 4 is 11.9 Å². The van der Waals surface area contributed by atoms with Crippen molar-refractivity contribution in [3.05, 3.63) is 48.0 Å². The van der Waals surface area contributed by atoms with Crippen molar-refractivity contribution in [2.75, 3.05) is 6.61 Å². The predicted octanol–water partition coefficient (Wildman–Crippen LogP) is 3.23. The molecule has 1 aliphatic heterocycles. The number of carboxylic acids is 1. The summed E-state index contributed by atoms with van der Waals surface area (Å²) in [5, 5.41) is 15.1. The average Bonchev–Trinajstić information content (AvgIpc) is 3.33. The monoisotopic (exact) mass is 356 g/mol. The highest BCUT2D eigenvalue weighted by Gasteiger charge is 2.65. The van der Waals surface area contributed by atoms with E-state index in [-0.39, 0.29) is 18.6 Å². The summed E-state index contributed by atoms with van der Waals surface area (Å²) in [6, 6.07) is 5.22. The molecule has 0 aliphatic carbocycles. The summed E-state index contributed by atoms with van der Waals surface area (Å²) in [7, 11) is 0. The average molecular weight is 356 g/mol. The Morgan fingerprint density at radius 2 is 1.88 bits per heavy atom. The van der Waals surface area contributed by atoms with Crippen LogP contribution in [0.5, 0.6) is 0 Å². The van der Waals surface area contributed by atoms with Crippen LogP contribution in [0.2, 0.25) is 0 Å². The van der Waals surface area contributed by atoms with E-state index in [1.54, 1.807) is 0 Å². The van der Waals surface area contributed by atoms with Crippen LogP contribution in [0.15, 0.2) is 47.1 Å². The smallest absolute Gasteiger partial charge is 0.442 e. The minimum atomic E-state index is -4.62. The van der Waals surface area contributed by atoms with Crippen LogP contribution < -0.4 is 0 Å². The molecule has 0 radical (unpaired) electrons. The summed E-state index contributed by atoms with van der Waals surface area (Å²) in [4.78, 5) is 22.8. The van der Waals surface area contributed by atoms with Crippen molar-refractivity contribution in [1.29, 1.82) is 0 Å². The largest absolute Gasteiger partial charge is 0.481 e. The zero-order chi connectivity index (χ0) is 18.7. The second-order valence-corrected chi connectivity index (χ2v) is 5.48. The summed E-state index contributed by atoms with van der Waals surface area (Å²) in [6.45, 7) is 3.34. The van der Waals surface area contributed by atoms with Crippen LogP contribution in [0.3, 0.4) is 0 Å². The molecule has 2 rings (SSSR count). The van der Waals surface area contributed by atoms with E-state index in [1.807, 2.05) is 0 Å². The minimum absolute atomic E-state index is 0.0237. The second-order valence-electron chi connectivity index (χ2n) is 5.48. The van der Waals surface area contributed by atoms with E-state index in [0.29, 0.717) is 5.56 Å². The van der Waals surface area contributed by atoms with E-state index in [4.69, 9.17) is 9.84 Å². The molecule has 9 heteroatoms. The molecule has 6 nitrogen and oxygen atoms in total. The number of aliphatic carboxylic acids is 1. The van der Waals surface area contributed by atoms with Crippen LogP contribution >= 0.6 is 0 Å². The van der Waals surface area contributed by atoms with Crippen molar-refractivity contribution in [3.63, 3.8) is 0 Å². The molecule has 1 aromatic rings. The van der Waals surface area contributed by atoms with Crippen molar-refractivity contribution in [1.82, 2.24) is 0 Å². The van der Waals surface area contributed by atoms with Gasteiger partial charge < -0.3 is 9.84 Å². The molecular weight excluding hydrogens is 341 g/mol. The highest BCUT2D eigenvalue weighted by atomic mass is 19.4. The number of nitrogens with zero attached hydrogens (tertiary/aromatic N) is 2.